The van der Waals surface area contributed by atoms with E-state index in [4.69, 9.17) is 5.73 Å². The molecule has 84 valence electrons. The standard InChI is InChI=1S/C12H17FIN/c1-3-8(2)6-12(15)10-5-4-9(13)7-11(10)14/h4-5,7-8,12H,3,6,15H2,1-2H3. The maximum atomic E-state index is 12.9. The molecular formula is C12H17FIN. The molecule has 0 aliphatic rings. The van der Waals surface area contributed by atoms with Crippen LogP contribution in [-0.4, -0.2) is 0 Å². The Labute approximate surface area is 104 Å². The molecule has 2 N–H and O–H groups in total. The molecule has 1 rings (SSSR count). The van der Waals surface area contributed by atoms with Crippen molar-refractivity contribution in [3.05, 3.63) is 33.1 Å². The molecule has 0 bridgehead atoms. The van der Waals surface area contributed by atoms with Crippen LogP contribution in [0.5, 0.6) is 0 Å². The van der Waals surface area contributed by atoms with Crippen LogP contribution in [-0.2, 0) is 0 Å². The van der Waals surface area contributed by atoms with Gasteiger partial charge in [0, 0.05) is 9.61 Å². The minimum Gasteiger partial charge on any atom is -0.324 e. The van der Waals surface area contributed by atoms with Crippen molar-refractivity contribution in [3.8, 4) is 0 Å². The third kappa shape index (κ3) is 3.72. The van der Waals surface area contributed by atoms with Crippen LogP contribution in [0.1, 0.15) is 38.3 Å². The smallest absolute Gasteiger partial charge is 0.124 e. The van der Waals surface area contributed by atoms with Crippen molar-refractivity contribution in [1.82, 2.24) is 0 Å². The van der Waals surface area contributed by atoms with E-state index in [1.54, 1.807) is 6.07 Å². The van der Waals surface area contributed by atoms with Gasteiger partial charge in [0.05, 0.1) is 0 Å². The molecule has 3 heteroatoms. The van der Waals surface area contributed by atoms with E-state index in [1.807, 2.05) is 0 Å². The van der Waals surface area contributed by atoms with Gasteiger partial charge in [0.2, 0.25) is 0 Å². The first-order valence-electron chi connectivity index (χ1n) is 5.25. The summed E-state index contributed by atoms with van der Waals surface area (Å²) in [6.07, 6.45) is 2.09. The topological polar surface area (TPSA) is 26.0 Å². The number of hydrogen-bond acceptors (Lipinski definition) is 1. The number of nitrogens with two attached hydrogens (primary N) is 1. The minimum absolute atomic E-state index is 0.0208. The van der Waals surface area contributed by atoms with Gasteiger partial charge >= 0.3 is 0 Å². The van der Waals surface area contributed by atoms with E-state index in [0.717, 1.165) is 22.0 Å². The van der Waals surface area contributed by atoms with Gasteiger partial charge in [-0.25, -0.2) is 4.39 Å². The monoisotopic (exact) mass is 321 g/mol. The Kier molecular flexibility index (Phi) is 4.99. The zero-order chi connectivity index (χ0) is 11.4. The molecule has 0 aliphatic heterocycles. The van der Waals surface area contributed by atoms with Crippen LogP contribution >= 0.6 is 22.6 Å². The van der Waals surface area contributed by atoms with E-state index in [2.05, 4.69) is 36.4 Å². The molecule has 1 nitrogen and oxygen atoms in total. The van der Waals surface area contributed by atoms with Crippen molar-refractivity contribution in [1.29, 1.82) is 0 Å². The van der Waals surface area contributed by atoms with E-state index >= 15 is 0 Å². The van der Waals surface area contributed by atoms with Crippen LogP contribution in [0.25, 0.3) is 0 Å². The van der Waals surface area contributed by atoms with E-state index < -0.39 is 0 Å². The first kappa shape index (κ1) is 12.9. The summed E-state index contributed by atoms with van der Waals surface area (Å²) in [4.78, 5) is 0. The quantitative estimate of drug-likeness (QED) is 0.837. The predicted molar refractivity (Wildman–Crippen MR) is 70.1 cm³/mol. The Bertz CT molecular complexity index is 327. The number of halogens is 2. The van der Waals surface area contributed by atoms with Gasteiger partial charge in [0.1, 0.15) is 5.82 Å². The van der Waals surface area contributed by atoms with E-state index in [9.17, 15) is 4.39 Å². The van der Waals surface area contributed by atoms with Gasteiger partial charge in [-0.05, 0) is 52.6 Å². The van der Waals surface area contributed by atoms with Crippen LogP contribution in [0.4, 0.5) is 4.39 Å². The third-order valence-corrected chi connectivity index (χ3v) is 3.65. The molecule has 1 aromatic rings. The zero-order valence-electron chi connectivity index (χ0n) is 9.13. The second-order valence-electron chi connectivity index (χ2n) is 4.02. The van der Waals surface area contributed by atoms with Crippen LogP contribution in [0.2, 0.25) is 0 Å². The molecule has 0 aliphatic carbocycles. The Morgan fingerprint density at radius 1 is 1.47 bits per heavy atom. The van der Waals surface area contributed by atoms with Crippen molar-refractivity contribution in [2.45, 2.75) is 32.7 Å². The maximum absolute atomic E-state index is 12.9. The molecule has 1 aromatic carbocycles. The minimum atomic E-state index is -0.195. The summed E-state index contributed by atoms with van der Waals surface area (Å²) >= 11 is 2.14. The van der Waals surface area contributed by atoms with Gasteiger partial charge in [0.25, 0.3) is 0 Å². The van der Waals surface area contributed by atoms with Crippen molar-refractivity contribution < 1.29 is 4.39 Å². The highest BCUT2D eigenvalue weighted by molar-refractivity contribution is 14.1. The van der Waals surface area contributed by atoms with Gasteiger partial charge < -0.3 is 5.73 Å². The maximum Gasteiger partial charge on any atom is 0.124 e. The van der Waals surface area contributed by atoms with Crippen LogP contribution < -0.4 is 5.73 Å². The third-order valence-electron chi connectivity index (χ3n) is 2.72. The molecule has 0 amide bonds. The first-order chi connectivity index (χ1) is 7.04. The molecule has 0 radical (unpaired) electrons. The Balaban J connectivity index is 2.77. The fourth-order valence-corrected chi connectivity index (χ4v) is 2.41. The SMILES string of the molecule is CCC(C)CC(N)c1ccc(F)cc1I. The number of hydrogen-bond donors (Lipinski definition) is 1. The lowest BCUT2D eigenvalue weighted by Crippen LogP contribution is -2.15. The summed E-state index contributed by atoms with van der Waals surface area (Å²) in [5.74, 6) is 0.416. The molecule has 2 atom stereocenters. The fourth-order valence-electron chi connectivity index (χ4n) is 1.53. The van der Waals surface area contributed by atoms with E-state index in [1.165, 1.54) is 12.1 Å². The number of rotatable bonds is 4. The van der Waals surface area contributed by atoms with Gasteiger partial charge in [-0.2, -0.15) is 0 Å². The van der Waals surface area contributed by atoms with Gasteiger partial charge in [0.15, 0.2) is 0 Å². The lowest BCUT2D eigenvalue weighted by atomic mass is 9.95. The van der Waals surface area contributed by atoms with E-state index in [-0.39, 0.29) is 11.9 Å². The Hall–Kier alpha value is -0.160. The lowest BCUT2D eigenvalue weighted by molar-refractivity contribution is 0.460. The second-order valence-corrected chi connectivity index (χ2v) is 5.18. The second kappa shape index (κ2) is 5.80. The predicted octanol–water partition coefficient (Wildman–Crippen LogP) is 3.87. The van der Waals surface area contributed by atoms with Crippen molar-refractivity contribution in [3.63, 3.8) is 0 Å². The Morgan fingerprint density at radius 2 is 2.13 bits per heavy atom. The van der Waals surface area contributed by atoms with Gasteiger partial charge in [-0.3, -0.25) is 0 Å². The average Bonchev–Trinajstić information content (AvgIpc) is 2.17. The molecule has 15 heavy (non-hydrogen) atoms. The fraction of sp³-hybridized carbons (Fsp3) is 0.500. The summed E-state index contributed by atoms with van der Waals surface area (Å²) in [6, 6.07) is 4.83. The van der Waals surface area contributed by atoms with Crippen molar-refractivity contribution in [2.75, 3.05) is 0 Å². The molecular weight excluding hydrogens is 304 g/mol. The summed E-state index contributed by atoms with van der Waals surface area (Å²) < 4.78 is 13.8. The van der Waals surface area contributed by atoms with Crippen molar-refractivity contribution in [2.24, 2.45) is 11.7 Å². The van der Waals surface area contributed by atoms with Gasteiger partial charge in [-0.1, -0.05) is 26.3 Å². The summed E-state index contributed by atoms with van der Waals surface area (Å²) in [5, 5.41) is 0. The highest BCUT2D eigenvalue weighted by Gasteiger charge is 2.13. The highest BCUT2D eigenvalue weighted by atomic mass is 127. The van der Waals surface area contributed by atoms with E-state index in [0.29, 0.717) is 5.92 Å². The summed E-state index contributed by atoms with van der Waals surface area (Å²) in [5.41, 5.74) is 7.15. The normalized spacial score (nSPS) is 15.0. The van der Waals surface area contributed by atoms with Gasteiger partial charge in [-0.15, -0.1) is 0 Å². The molecule has 2 unspecified atom stereocenters. The van der Waals surface area contributed by atoms with Crippen LogP contribution in [0, 0.1) is 15.3 Å². The highest BCUT2D eigenvalue weighted by Crippen LogP contribution is 2.25. The molecule has 0 saturated heterocycles. The van der Waals surface area contributed by atoms with Crippen molar-refractivity contribution >= 4 is 22.6 Å². The number of benzene rings is 1. The Morgan fingerprint density at radius 3 is 2.67 bits per heavy atom. The lowest BCUT2D eigenvalue weighted by Gasteiger charge is -2.17. The average molecular weight is 321 g/mol. The summed E-state index contributed by atoms with van der Waals surface area (Å²) in [7, 11) is 0. The largest absolute Gasteiger partial charge is 0.324 e. The molecule has 0 spiro atoms. The van der Waals surface area contributed by atoms with Crippen LogP contribution in [0.3, 0.4) is 0 Å². The first-order valence-corrected chi connectivity index (χ1v) is 6.33. The zero-order valence-corrected chi connectivity index (χ0v) is 11.3. The molecule has 0 fully saturated rings. The summed E-state index contributed by atoms with van der Waals surface area (Å²) in [6.45, 7) is 4.35. The molecule has 0 saturated carbocycles. The van der Waals surface area contributed by atoms with Crippen LogP contribution in [0.15, 0.2) is 18.2 Å². The molecule has 0 heterocycles. The molecule has 0 aromatic heterocycles.